The molecular formula is C39H74N6O5Si3. The van der Waals surface area contributed by atoms with Crippen molar-refractivity contribution in [3.05, 3.63) is 40.7 Å². The molecule has 1 N–H and O–H groups in total. The van der Waals surface area contributed by atoms with Gasteiger partial charge in [0.25, 0.3) is 5.69 Å². The number of rotatable bonds is 17. The summed E-state index contributed by atoms with van der Waals surface area (Å²) in [5, 5.41) is 23.5. The summed E-state index contributed by atoms with van der Waals surface area (Å²) in [6, 6.07) is 5.21. The number of unbranched alkanes of at least 4 members (excludes halogenated alkanes) is 3. The van der Waals surface area contributed by atoms with Crippen molar-refractivity contribution >= 4 is 36.3 Å². The maximum Gasteiger partial charge on any atom is 0.298 e. The van der Waals surface area contributed by atoms with Gasteiger partial charge in [0.15, 0.2) is 30.6 Å². The number of nitro benzene ring substituents is 1. The highest BCUT2D eigenvalue weighted by molar-refractivity contribution is 6.75. The third-order valence-corrected chi connectivity index (χ3v) is 26.1. The number of anilines is 1. The normalized spacial score (nSPS) is 21.2. The fraction of sp³-hybridized carbons (Fsp3) is 0.795. The topological polar surface area (TPSA) is 117 Å². The van der Waals surface area contributed by atoms with Crippen molar-refractivity contribution in [2.24, 2.45) is 5.92 Å². The summed E-state index contributed by atoms with van der Waals surface area (Å²) < 4.78 is 21.9. The van der Waals surface area contributed by atoms with Crippen molar-refractivity contribution in [2.45, 2.75) is 168 Å². The van der Waals surface area contributed by atoms with Crippen LogP contribution in [0.1, 0.15) is 94.9 Å². The smallest absolute Gasteiger partial charge is 0.298 e. The quantitative estimate of drug-likeness (QED) is 0.0723. The molecule has 0 unspecified atom stereocenters. The standard InChI is InChI=1S/C39H74N6O5Si3/c1-30-28-43(26-20-18-17-19-23-40-31-21-22-32(33(27-31)45(46)47)44-41-24-25-42-44)34(29-48-51(11,12)37(2,3)4)36(50-53(15,16)39(8,9)10)35(30)49-52(13,14)38(5,6)7/h21-22,24-25,27,30,34-36,40H,17-20,23,26,28-29H2,1-16H3/t30-,34+,35+,36+/m0/s1. The molecule has 11 nitrogen and oxygen atoms in total. The molecule has 1 fully saturated rings. The van der Waals surface area contributed by atoms with Crippen molar-refractivity contribution in [1.29, 1.82) is 0 Å². The third-order valence-electron chi connectivity index (χ3n) is 12.7. The van der Waals surface area contributed by atoms with Gasteiger partial charge in [-0.3, -0.25) is 15.0 Å². The van der Waals surface area contributed by atoms with E-state index in [1.807, 2.05) is 6.07 Å². The van der Waals surface area contributed by atoms with Crippen LogP contribution in [0, 0.1) is 16.0 Å². The van der Waals surface area contributed by atoms with Gasteiger partial charge in [0.05, 0.1) is 42.2 Å². The predicted octanol–water partition coefficient (Wildman–Crippen LogP) is 10.3. The summed E-state index contributed by atoms with van der Waals surface area (Å²) in [6.07, 6.45) is 7.19. The zero-order valence-electron chi connectivity index (χ0n) is 36.1. The maximum atomic E-state index is 11.8. The van der Waals surface area contributed by atoms with E-state index in [2.05, 4.69) is 129 Å². The molecule has 0 bridgehead atoms. The number of benzene rings is 1. The van der Waals surface area contributed by atoms with Crippen LogP contribution in [0.15, 0.2) is 30.6 Å². The summed E-state index contributed by atoms with van der Waals surface area (Å²) in [4.78, 5) is 15.3. The van der Waals surface area contributed by atoms with Crippen LogP contribution < -0.4 is 5.32 Å². The number of piperidine rings is 1. The maximum absolute atomic E-state index is 11.8. The van der Waals surface area contributed by atoms with Crippen LogP contribution in [-0.4, -0.2) is 94.3 Å². The van der Waals surface area contributed by atoms with Gasteiger partial charge in [0.1, 0.15) is 0 Å². The molecule has 0 saturated carbocycles. The fourth-order valence-corrected chi connectivity index (χ4v) is 9.75. The van der Waals surface area contributed by atoms with E-state index in [0.717, 1.165) is 51.0 Å². The Hall–Kier alpha value is -1.95. The number of hydrogen-bond donors (Lipinski definition) is 1. The van der Waals surface area contributed by atoms with E-state index in [0.29, 0.717) is 18.2 Å². The molecular weight excluding hydrogens is 717 g/mol. The Labute approximate surface area is 324 Å². The van der Waals surface area contributed by atoms with Crippen LogP contribution in [0.25, 0.3) is 5.69 Å². The highest BCUT2D eigenvalue weighted by Crippen LogP contribution is 2.44. The lowest BCUT2D eigenvalue weighted by Gasteiger charge is -2.54. The van der Waals surface area contributed by atoms with Crippen LogP contribution in [0.3, 0.4) is 0 Å². The summed E-state index contributed by atoms with van der Waals surface area (Å²) in [5.41, 5.74) is 1.05. The second-order valence-electron chi connectivity index (χ2n) is 19.9. The van der Waals surface area contributed by atoms with E-state index in [4.69, 9.17) is 13.3 Å². The first-order valence-corrected chi connectivity index (χ1v) is 28.5. The van der Waals surface area contributed by atoms with E-state index in [9.17, 15) is 10.1 Å². The molecule has 1 saturated heterocycles. The van der Waals surface area contributed by atoms with Crippen molar-refractivity contribution in [3.63, 3.8) is 0 Å². The molecule has 1 aliphatic heterocycles. The van der Waals surface area contributed by atoms with Gasteiger partial charge in [-0.25, -0.2) is 0 Å². The Morgan fingerprint density at radius 1 is 0.811 bits per heavy atom. The lowest BCUT2D eigenvalue weighted by Crippen LogP contribution is -2.66. The minimum absolute atomic E-state index is 0.0149. The summed E-state index contributed by atoms with van der Waals surface area (Å²) in [5.74, 6) is 0.326. The van der Waals surface area contributed by atoms with E-state index in [1.165, 1.54) is 17.2 Å². The first-order chi connectivity index (χ1) is 24.2. The zero-order valence-corrected chi connectivity index (χ0v) is 39.1. The summed E-state index contributed by atoms with van der Waals surface area (Å²) >= 11 is 0. The first kappa shape index (κ1) is 45.4. The number of nitrogens with one attached hydrogen (secondary N) is 1. The van der Waals surface area contributed by atoms with Gasteiger partial charge in [0.2, 0.25) is 0 Å². The molecule has 3 rings (SSSR count). The van der Waals surface area contributed by atoms with Gasteiger partial charge in [-0.2, -0.15) is 10.2 Å². The molecule has 1 aliphatic rings. The lowest BCUT2D eigenvalue weighted by molar-refractivity contribution is -0.384. The fourth-order valence-electron chi connectivity index (χ4n) is 6.01. The van der Waals surface area contributed by atoms with Gasteiger partial charge < -0.3 is 18.6 Å². The van der Waals surface area contributed by atoms with Gasteiger partial charge in [0, 0.05) is 24.8 Å². The predicted molar refractivity (Wildman–Crippen MR) is 227 cm³/mol. The van der Waals surface area contributed by atoms with Crippen molar-refractivity contribution in [2.75, 3.05) is 31.6 Å². The monoisotopic (exact) mass is 791 g/mol. The molecule has 1 aromatic heterocycles. The average molecular weight is 791 g/mol. The SMILES string of the molecule is C[C@H]1CN(CCCCCCNc2ccc(-n3nccn3)c([N+](=O)[O-])c2)[C@H](CO[Si](C)(C)C(C)(C)C)[C@@H](O[Si](C)(C)C(C)(C)C)[C@@H]1O[Si](C)(C)C(C)(C)C. The Morgan fingerprint density at radius 2 is 1.34 bits per heavy atom. The lowest BCUT2D eigenvalue weighted by atomic mass is 9.88. The van der Waals surface area contributed by atoms with E-state index in [-0.39, 0.29) is 44.0 Å². The minimum Gasteiger partial charge on any atom is -0.415 e. The van der Waals surface area contributed by atoms with Crippen LogP contribution in [0.2, 0.25) is 54.4 Å². The van der Waals surface area contributed by atoms with Gasteiger partial charge in [-0.15, -0.1) is 4.80 Å². The zero-order chi connectivity index (χ0) is 40.2. The minimum atomic E-state index is -2.16. The van der Waals surface area contributed by atoms with E-state index < -0.39 is 25.0 Å². The molecule has 1 aromatic carbocycles. The van der Waals surface area contributed by atoms with Crippen molar-refractivity contribution in [1.82, 2.24) is 19.9 Å². The number of aromatic nitrogens is 3. The summed E-state index contributed by atoms with van der Waals surface area (Å²) in [7, 11) is -6.28. The molecule has 0 spiro atoms. The molecule has 2 heterocycles. The Kier molecular flexibility index (Phi) is 15.0. The van der Waals surface area contributed by atoms with Crippen LogP contribution in [0.5, 0.6) is 0 Å². The second kappa shape index (κ2) is 17.5. The van der Waals surface area contributed by atoms with Gasteiger partial charge >= 0.3 is 0 Å². The number of nitrogens with zero attached hydrogens (tertiary/aromatic N) is 5. The van der Waals surface area contributed by atoms with Gasteiger partial charge in [-0.1, -0.05) is 82.1 Å². The Bertz CT molecular complexity index is 1470. The Balaban J connectivity index is 1.75. The number of hydrogen-bond acceptors (Lipinski definition) is 9. The highest BCUT2D eigenvalue weighted by atomic mass is 28.4. The molecule has 53 heavy (non-hydrogen) atoms. The number of likely N-dealkylation sites (tertiary alicyclic amines) is 1. The molecule has 0 aliphatic carbocycles. The molecule has 302 valence electrons. The van der Waals surface area contributed by atoms with Crippen molar-refractivity contribution in [3.8, 4) is 5.69 Å². The van der Waals surface area contributed by atoms with Crippen LogP contribution in [-0.2, 0) is 13.3 Å². The van der Waals surface area contributed by atoms with E-state index >= 15 is 0 Å². The van der Waals surface area contributed by atoms with Crippen LogP contribution in [0.4, 0.5) is 11.4 Å². The molecule has 4 atom stereocenters. The summed E-state index contributed by atoms with van der Waals surface area (Å²) in [6.45, 7) is 40.9. The molecule has 0 radical (unpaired) electrons. The van der Waals surface area contributed by atoms with Crippen molar-refractivity contribution < 1.29 is 18.2 Å². The largest absolute Gasteiger partial charge is 0.415 e. The highest BCUT2D eigenvalue weighted by Gasteiger charge is 2.52. The second-order valence-corrected chi connectivity index (χ2v) is 34.2. The Morgan fingerprint density at radius 3 is 1.87 bits per heavy atom. The molecule has 0 amide bonds. The number of nitro groups is 1. The van der Waals surface area contributed by atoms with Gasteiger partial charge in [-0.05, 0) is 91.8 Å². The average Bonchev–Trinajstić information content (AvgIpc) is 3.55. The van der Waals surface area contributed by atoms with Crippen LogP contribution >= 0.6 is 0 Å². The van der Waals surface area contributed by atoms with E-state index in [1.54, 1.807) is 12.1 Å². The first-order valence-electron chi connectivity index (χ1n) is 19.8. The molecule has 2 aromatic rings. The molecule has 14 heteroatoms. The third kappa shape index (κ3) is 11.8.